The molecule has 0 amide bonds. The van der Waals surface area contributed by atoms with Gasteiger partial charge in [0.2, 0.25) is 10.0 Å². The third-order valence-electron chi connectivity index (χ3n) is 1.97. The Morgan fingerprint density at radius 2 is 2.00 bits per heavy atom. The van der Waals surface area contributed by atoms with Crippen LogP contribution in [0.15, 0.2) is 24.5 Å². The van der Waals surface area contributed by atoms with Crippen molar-refractivity contribution in [2.75, 3.05) is 23.6 Å². The third kappa shape index (κ3) is 5.09. The zero-order chi connectivity index (χ0) is 11.9. The summed E-state index contributed by atoms with van der Waals surface area (Å²) in [6, 6.07) is 3.25. The maximum Gasteiger partial charge on any atom is 0.232 e. The highest BCUT2D eigenvalue weighted by Crippen LogP contribution is 2.06. The van der Waals surface area contributed by atoms with Crippen LogP contribution >= 0.6 is 0 Å². The number of anilines is 1. The molecule has 1 heterocycles. The smallest absolute Gasteiger partial charge is 0.232 e. The van der Waals surface area contributed by atoms with E-state index in [1.807, 2.05) is 6.92 Å². The van der Waals surface area contributed by atoms with Gasteiger partial charge in [-0.3, -0.25) is 9.71 Å². The molecule has 6 heteroatoms. The molecule has 2 N–H and O–H groups in total. The van der Waals surface area contributed by atoms with Gasteiger partial charge in [-0.15, -0.1) is 0 Å². The summed E-state index contributed by atoms with van der Waals surface area (Å²) in [5, 5.41) is 3.08. The minimum Gasteiger partial charge on any atom is -0.317 e. The van der Waals surface area contributed by atoms with Gasteiger partial charge in [0.05, 0.1) is 11.4 Å². The Kier molecular flexibility index (Phi) is 5.21. The summed E-state index contributed by atoms with van der Waals surface area (Å²) in [7, 11) is -3.23. The molecule has 0 aromatic carbocycles. The lowest BCUT2D eigenvalue weighted by Gasteiger charge is -2.07. The van der Waals surface area contributed by atoms with Crippen molar-refractivity contribution in [1.29, 1.82) is 0 Å². The number of pyridine rings is 1. The van der Waals surface area contributed by atoms with Crippen molar-refractivity contribution in [3.63, 3.8) is 0 Å². The fourth-order valence-electron chi connectivity index (χ4n) is 1.21. The lowest BCUT2D eigenvalue weighted by Crippen LogP contribution is -2.21. The number of nitrogens with zero attached hydrogens (tertiary/aromatic N) is 1. The van der Waals surface area contributed by atoms with Crippen LogP contribution in [0, 0.1) is 0 Å². The molecule has 1 aromatic rings. The molecule has 0 aliphatic heterocycles. The molecule has 5 nitrogen and oxygen atoms in total. The first-order valence-corrected chi connectivity index (χ1v) is 6.90. The highest BCUT2D eigenvalue weighted by atomic mass is 32.2. The molecule has 0 radical (unpaired) electrons. The molecule has 1 rings (SSSR count). The fourth-order valence-corrected chi connectivity index (χ4v) is 2.34. The third-order valence-corrected chi connectivity index (χ3v) is 3.34. The Morgan fingerprint density at radius 3 is 2.62 bits per heavy atom. The van der Waals surface area contributed by atoms with Crippen LogP contribution in [-0.4, -0.2) is 32.2 Å². The highest BCUT2D eigenvalue weighted by molar-refractivity contribution is 7.92. The first kappa shape index (κ1) is 12.9. The van der Waals surface area contributed by atoms with E-state index in [2.05, 4.69) is 15.0 Å². The molecule has 16 heavy (non-hydrogen) atoms. The van der Waals surface area contributed by atoms with Crippen LogP contribution in [0.3, 0.4) is 0 Å². The van der Waals surface area contributed by atoms with E-state index in [4.69, 9.17) is 0 Å². The predicted molar refractivity (Wildman–Crippen MR) is 64.8 cm³/mol. The second-order valence-corrected chi connectivity index (χ2v) is 5.21. The van der Waals surface area contributed by atoms with Gasteiger partial charge >= 0.3 is 0 Å². The normalized spacial score (nSPS) is 11.3. The van der Waals surface area contributed by atoms with Gasteiger partial charge in [0.1, 0.15) is 0 Å². The second-order valence-electron chi connectivity index (χ2n) is 3.36. The van der Waals surface area contributed by atoms with Gasteiger partial charge in [0.25, 0.3) is 0 Å². The Balaban J connectivity index is 2.40. The average Bonchev–Trinajstić information content (AvgIpc) is 2.25. The van der Waals surface area contributed by atoms with E-state index < -0.39 is 10.0 Å². The Labute approximate surface area is 96.3 Å². The fraction of sp³-hybridized carbons (Fsp3) is 0.500. The minimum absolute atomic E-state index is 0.127. The molecule has 0 saturated carbocycles. The number of hydrogen-bond donors (Lipinski definition) is 2. The van der Waals surface area contributed by atoms with Crippen molar-refractivity contribution >= 4 is 15.7 Å². The summed E-state index contributed by atoms with van der Waals surface area (Å²) < 4.78 is 25.7. The van der Waals surface area contributed by atoms with Gasteiger partial charge in [-0.05, 0) is 31.6 Å². The molecular formula is C10H17N3O2S. The van der Waals surface area contributed by atoms with Crippen molar-refractivity contribution < 1.29 is 8.42 Å². The van der Waals surface area contributed by atoms with Crippen LogP contribution < -0.4 is 10.0 Å². The number of aromatic nitrogens is 1. The van der Waals surface area contributed by atoms with Crippen LogP contribution in [-0.2, 0) is 10.0 Å². The molecular weight excluding hydrogens is 226 g/mol. The summed E-state index contributed by atoms with van der Waals surface area (Å²) in [6.45, 7) is 3.56. The molecule has 0 bridgehead atoms. The second kappa shape index (κ2) is 6.44. The number of sulfonamides is 1. The van der Waals surface area contributed by atoms with Gasteiger partial charge in [-0.1, -0.05) is 6.92 Å². The Morgan fingerprint density at radius 1 is 1.31 bits per heavy atom. The molecule has 90 valence electrons. The van der Waals surface area contributed by atoms with Gasteiger partial charge in [0, 0.05) is 12.4 Å². The summed E-state index contributed by atoms with van der Waals surface area (Å²) in [5.41, 5.74) is 0.554. The van der Waals surface area contributed by atoms with Gasteiger partial charge in [-0.25, -0.2) is 8.42 Å². The first-order chi connectivity index (χ1) is 7.64. The lowest BCUT2D eigenvalue weighted by molar-refractivity contribution is 0.595. The monoisotopic (exact) mass is 243 g/mol. The van der Waals surface area contributed by atoms with E-state index in [9.17, 15) is 8.42 Å². The van der Waals surface area contributed by atoms with Gasteiger partial charge < -0.3 is 5.32 Å². The van der Waals surface area contributed by atoms with Crippen molar-refractivity contribution in [1.82, 2.24) is 10.3 Å². The average molecular weight is 243 g/mol. The summed E-state index contributed by atoms with van der Waals surface area (Å²) >= 11 is 0. The van der Waals surface area contributed by atoms with Crippen LogP contribution in [0.4, 0.5) is 5.69 Å². The molecule has 0 aliphatic carbocycles. The molecule has 0 aliphatic rings. The van der Waals surface area contributed by atoms with Crippen LogP contribution in [0.25, 0.3) is 0 Å². The van der Waals surface area contributed by atoms with Crippen LogP contribution in [0.2, 0.25) is 0 Å². The largest absolute Gasteiger partial charge is 0.317 e. The Bertz CT molecular complexity index is 392. The van der Waals surface area contributed by atoms with Crippen LogP contribution in [0.5, 0.6) is 0 Å². The van der Waals surface area contributed by atoms with Crippen LogP contribution in [0.1, 0.15) is 13.3 Å². The number of hydrogen-bond acceptors (Lipinski definition) is 4. The van der Waals surface area contributed by atoms with Crippen molar-refractivity contribution in [3.8, 4) is 0 Å². The summed E-state index contributed by atoms with van der Waals surface area (Å²) in [4.78, 5) is 3.82. The standard InChI is InChI=1S/C10H17N3O2S/c1-2-11-6-3-9-16(14,15)13-10-4-7-12-8-5-10/h4-5,7-8,11H,2-3,6,9H2,1H3,(H,12,13). The zero-order valence-electron chi connectivity index (χ0n) is 9.31. The zero-order valence-corrected chi connectivity index (χ0v) is 10.1. The van der Waals surface area contributed by atoms with Crippen molar-refractivity contribution in [2.24, 2.45) is 0 Å². The maximum absolute atomic E-state index is 11.6. The van der Waals surface area contributed by atoms with Gasteiger partial charge in [-0.2, -0.15) is 0 Å². The molecule has 0 atom stereocenters. The lowest BCUT2D eigenvalue weighted by atomic mass is 10.4. The molecule has 0 fully saturated rings. The summed E-state index contributed by atoms with van der Waals surface area (Å²) in [6.07, 6.45) is 3.71. The van der Waals surface area contributed by atoms with Gasteiger partial charge in [0.15, 0.2) is 0 Å². The topological polar surface area (TPSA) is 71.1 Å². The number of rotatable bonds is 7. The van der Waals surface area contributed by atoms with E-state index in [0.29, 0.717) is 18.7 Å². The molecule has 0 unspecified atom stereocenters. The molecule has 1 aromatic heterocycles. The minimum atomic E-state index is -3.23. The first-order valence-electron chi connectivity index (χ1n) is 5.25. The quantitative estimate of drug-likeness (QED) is 0.696. The van der Waals surface area contributed by atoms with Crippen molar-refractivity contribution in [3.05, 3.63) is 24.5 Å². The predicted octanol–water partition coefficient (Wildman–Crippen LogP) is 0.823. The van der Waals surface area contributed by atoms with Crippen molar-refractivity contribution in [2.45, 2.75) is 13.3 Å². The van der Waals surface area contributed by atoms with E-state index in [1.165, 1.54) is 0 Å². The van der Waals surface area contributed by atoms with E-state index in [1.54, 1.807) is 24.5 Å². The van der Waals surface area contributed by atoms with E-state index >= 15 is 0 Å². The maximum atomic E-state index is 11.6. The van der Waals surface area contributed by atoms with E-state index in [-0.39, 0.29) is 5.75 Å². The number of nitrogens with one attached hydrogen (secondary N) is 2. The molecule has 0 spiro atoms. The SMILES string of the molecule is CCNCCCS(=O)(=O)Nc1ccncc1. The summed E-state index contributed by atoms with van der Waals surface area (Å²) in [5.74, 6) is 0.127. The molecule has 0 saturated heterocycles. The van der Waals surface area contributed by atoms with E-state index in [0.717, 1.165) is 6.54 Å². The highest BCUT2D eigenvalue weighted by Gasteiger charge is 2.09. The Hall–Kier alpha value is -1.14.